The van der Waals surface area contributed by atoms with Crippen LogP contribution in [0.15, 0.2) is 15.8 Å². The van der Waals surface area contributed by atoms with Gasteiger partial charge in [0, 0.05) is 30.0 Å². The van der Waals surface area contributed by atoms with Gasteiger partial charge in [0.2, 0.25) is 0 Å². The summed E-state index contributed by atoms with van der Waals surface area (Å²) >= 11 is 0. The minimum absolute atomic E-state index is 0.172. The van der Waals surface area contributed by atoms with Gasteiger partial charge in [-0.3, -0.25) is 38.1 Å². The fraction of sp³-hybridized carbons (Fsp3) is 0.765. The molecule has 0 aromatic carbocycles. The van der Waals surface area contributed by atoms with Crippen LogP contribution in [0.25, 0.3) is 0 Å². The molecule has 20 heteroatoms. The first-order chi connectivity index (χ1) is 16.9. The molecule has 2 saturated heterocycles. The molecule has 3 N–H and O–H groups in total. The van der Waals surface area contributed by atoms with Gasteiger partial charge >= 0.3 is 5.69 Å². The fourth-order valence-corrected chi connectivity index (χ4v) is 5.94. The van der Waals surface area contributed by atoms with E-state index in [0.29, 0.717) is 0 Å². The van der Waals surface area contributed by atoms with Gasteiger partial charge < -0.3 is 34.0 Å². The number of ether oxygens (including phenoxy) is 2. The summed E-state index contributed by atoms with van der Waals surface area (Å²) < 4.78 is 48.7. The number of aromatic amines is 1. The second-order valence-corrected chi connectivity index (χ2v) is 11.7. The number of hydrogen-bond acceptors (Lipinski definition) is 15. The third-order valence-corrected chi connectivity index (χ3v) is 8.51. The van der Waals surface area contributed by atoms with Crippen LogP contribution in [0.2, 0.25) is 0 Å². The molecule has 2 aliphatic rings. The Morgan fingerprint density at radius 3 is 2.54 bits per heavy atom. The van der Waals surface area contributed by atoms with Crippen molar-refractivity contribution in [3.63, 3.8) is 0 Å². The molecule has 9 atom stereocenters. The average molecular weight is 573 g/mol. The SMILES string of the molecule is Cc1cn([C@H]2C[C@H](O)[C@@H](COP(=O)([O-])OP(=O)([O-])O[C@@H]3C[C@](C)([N+](=O)[O-])[C@@H](O)[C@H](C)O3)O2)c(=O)[nH]c1=O. The molecule has 0 saturated carbocycles. The molecule has 3 rings (SSSR count). The minimum Gasteiger partial charge on any atom is -0.756 e. The Balaban J connectivity index is 1.60. The molecular weight excluding hydrogens is 548 g/mol. The van der Waals surface area contributed by atoms with Crippen LogP contribution in [0.4, 0.5) is 0 Å². The first-order valence-corrected chi connectivity index (χ1v) is 13.7. The number of phosphoric acid groups is 2. The third-order valence-electron chi connectivity index (χ3n) is 5.95. The van der Waals surface area contributed by atoms with Crippen LogP contribution in [0.3, 0.4) is 0 Å². The summed E-state index contributed by atoms with van der Waals surface area (Å²) in [7, 11) is -11.4. The van der Waals surface area contributed by atoms with Gasteiger partial charge in [0.05, 0.1) is 25.2 Å². The van der Waals surface area contributed by atoms with Gasteiger partial charge in [-0.2, -0.15) is 0 Å². The van der Waals surface area contributed by atoms with Gasteiger partial charge in [-0.15, -0.1) is 0 Å². The van der Waals surface area contributed by atoms with E-state index in [0.717, 1.165) is 11.5 Å². The number of aromatic nitrogens is 2. The number of nitrogens with zero attached hydrogens (tertiary/aromatic N) is 2. The molecule has 2 fully saturated rings. The molecule has 2 aliphatic heterocycles. The van der Waals surface area contributed by atoms with Crippen LogP contribution >= 0.6 is 15.6 Å². The Kier molecular flexibility index (Phi) is 8.63. The van der Waals surface area contributed by atoms with E-state index >= 15 is 0 Å². The zero-order valence-electron chi connectivity index (χ0n) is 19.7. The second-order valence-electron chi connectivity index (χ2n) is 8.82. The summed E-state index contributed by atoms with van der Waals surface area (Å²) in [6.45, 7) is 2.77. The highest BCUT2D eigenvalue weighted by Gasteiger charge is 2.55. The first kappa shape index (κ1) is 29.7. The number of aliphatic hydroxyl groups excluding tert-OH is 2. The van der Waals surface area contributed by atoms with Crippen LogP contribution in [0.1, 0.15) is 38.5 Å². The molecular formula is C17H25N3O15P2-2. The Hall–Kier alpha value is -1.82. The van der Waals surface area contributed by atoms with Crippen LogP contribution in [0.5, 0.6) is 0 Å². The van der Waals surface area contributed by atoms with Crippen LogP contribution in [-0.2, 0) is 32.0 Å². The van der Waals surface area contributed by atoms with Crippen molar-refractivity contribution in [1.82, 2.24) is 9.55 Å². The number of hydrogen-bond donors (Lipinski definition) is 3. The Bertz CT molecular complexity index is 1240. The third kappa shape index (κ3) is 6.79. The average Bonchev–Trinajstić information content (AvgIpc) is 3.12. The Morgan fingerprint density at radius 1 is 1.27 bits per heavy atom. The van der Waals surface area contributed by atoms with Crippen molar-refractivity contribution in [1.29, 1.82) is 0 Å². The van der Waals surface area contributed by atoms with Gasteiger partial charge in [0.1, 0.15) is 18.4 Å². The van der Waals surface area contributed by atoms with Gasteiger partial charge in [0.15, 0.2) is 6.29 Å². The number of phosphoric ester groups is 2. The molecule has 1 aromatic heterocycles. The normalized spacial score (nSPS) is 35.5. The number of aliphatic hydroxyl groups is 2. The number of nitro groups is 1. The minimum atomic E-state index is -5.73. The largest absolute Gasteiger partial charge is 0.756 e. The summed E-state index contributed by atoms with van der Waals surface area (Å²) in [5.74, 6) is 0. The molecule has 0 amide bonds. The van der Waals surface area contributed by atoms with E-state index in [1.165, 1.54) is 20.0 Å². The number of rotatable bonds is 9. The zero-order valence-corrected chi connectivity index (χ0v) is 21.4. The standard InChI is InChI=1S/C17H27N3O15P2/c1-8-6-19(16(24)18-15(8)23)12-4-10(21)11(33-12)7-31-36(27,28)35-37(29,30)34-13-5-17(3,20(25)26)14(22)9(2)32-13/h6,9-14,21-22H,4-5,7H2,1-3H3,(H,27,28)(H,29,30)(H,18,23,24)/p-2/t9-,10-,11+,12+,13+,14-,17-/m0/s1. The van der Waals surface area contributed by atoms with Crippen molar-refractivity contribution in [3.05, 3.63) is 42.7 Å². The smallest absolute Gasteiger partial charge is 0.330 e. The lowest BCUT2D eigenvalue weighted by Gasteiger charge is -2.41. The first-order valence-electron chi connectivity index (χ1n) is 10.7. The topological polar surface area (TPSA) is 265 Å². The molecule has 0 bridgehead atoms. The summed E-state index contributed by atoms with van der Waals surface area (Å²) in [4.78, 5) is 60.3. The highest BCUT2D eigenvalue weighted by Crippen LogP contribution is 2.57. The van der Waals surface area contributed by atoms with E-state index in [1.54, 1.807) is 0 Å². The summed E-state index contributed by atoms with van der Waals surface area (Å²) in [5.41, 5.74) is -3.35. The summed E-state index contributed by atoms with van der Waals surface area (Å²) in [5, 5.41) is 31.5. The molecule has 210 valence electrons. The molecule has 0 spiro atoms. The lowest BCUT2D eigenvalue weighted by molar-refractivity contribution is -0.593. The quantitative estimate of drug-likeness (QED) is 0.164. The molecule has 37 heavy (non-hydrogen) atoms. The summed E-state index contributed by atoms with van der Waals surface area (Å²) in [6.07, 6.45) is -8.23. The van der Waals surface area contributed by atoms with E-state index in [1.807, 2.05) is 4.98 Å². The lowest BCUT2D eigenvalue weighted by atomic mass is 9.86. The predicted molar refractivity (Wildman–Crippen MR) is 114 cm³/mol. The van der Waals surface area contributed by atoms with Gasteiger partial charge in [-0.1, -0.05) is 0 Å². The highest BCUT2D eigenvalue weighted by molar-refractivity contribution is 7.59. The van der Waals surface area contributed by atoms with Crippen molar-refractivity contribution < 1.29 is 56.9 Å². The molecule has 2 unspecified atom stereocenters. The molecule has 0 aliphatic carbocycles. The zero-order chi connectivity index (χ0) is 27.9. The monoisotopic (exact) mass is 573 g/mol. The lowest BCUT2D eigenvalue weighted by Crippen LogP contribution is -2.59. The van der Waals surface area contributed by atoms with Crippen LogP contribution in [0, 0.1) is 17.0 Å². The maximum Gasteiger partial charge on any atom is 0.330 e. The Labute approximate surface area is 208 Å². The molecule has 3 heterocycles. The maximum absolute atomic E-state index is 12.1. The van der Waals surface area contributed by atoms with Crippen molar-refractivity contribution in [2.45, 2.75) is 76.1 Å². The summed E-state index contributed by atoms with van der Waals surface area (Å²) in [6, 6.07) is 0. The second kappa shape index (κ2) is 10.7. The van der Waals surface area contributed by atoms with Gasteiger partial charge in [-0.05, 0) is 13.8 Å². The van der Waals surface area contributed by atoms with Crippen LogP contribution < -0.4 is 21.0 Å². The number of nitrogens with one attached hydrogen (secondary N) is 1. The molecule has 1 aromatic rings. The van der Waals surface area contributed by atoms with E-state index in [9.17, 15) is 48.8 Å². The number of H-pyrrole nitrogens is 1. The van der Waals surface area contributed by atoms with E-state index in [-0.39, 0.29) is 12.0 Å². The van der Waals surface area contributed by atoms with Crippen molar-refractivity contribution in [3.8, 4) is 0 Å². The van der Waals surface area contributed by atoms with Crippen LogP contribution in [-0.4, -0.2) is 67.5 Å². The van der Waals surface area contributed by atoms with Gasteiger partial charge in [0.25, 0.3) is 26.7 Å². The highest BCUT2D eigenvalue weighted by atomic mass is 31.3. The van der Waals surface area contributed by atoms with E-state index in [4.69, 9.17) is 9.47 Å². The van der Waals surface area contributed by atoms with Crippen molar-refractivity contribution >= 4 is 15.6 Å². The van der Waals surface area contributed by atoms with Gasteiger partial charge in [-0.25, -0.2) is 9.11 Å². The predicted octanol–water partition coefficient (Wildman–Crippen LogP) is -1.99. The van der Waals surface area contributed by atoms with E-state index < -0.39 is 87.3 Å². The fourth-order valence-electron chi connectivity index (χ4n) is 3.88. The van der Waals surface area contributed by atoms with Crippen molar-refractivity contribution in [2.75, 3.05) is 6.61 Å². The molecule has 0 radical (unpaired) electrons. The van der Waals surface area contributed by atoms with Crippen molar-refractivity contribution in [2.24, 2.45) is 0 Å². The van der Waals surface area contributed by atoms with E-state index in [2.05, 4.69) is 13.4 Å². The molecule has 18 nitrogen and oxygen atoms in total. The number of aryl methyl sites for hydroxylation is 1. The Morgan fingerprint density at radius 2 is 1.92 bits per heavy atom. The maximum atomic E-state index is 12.1.